The molecule has 0 unspecified atom stereocenters. The number of hydrogen-bond donors (Lipinski definition) is 2. The number of rotatable bonds is 13. The van der Waals surface area contributed by atoms with Crippen LogP contribution in [0.1, 0.15) is 30.4 Å². The van der Waals surface area contributed by atoms with Gasteiger partial charge < -0.3 is 29.8 Å². The fourth-order valence-electron chi connectivity index (χ4n) is 5.01. The monoisotopic (exact) mass is 541 g/mol. The second kappa shape index (κ2) is 13.5. The molecular formula is C27H39N7O5. The van der Waals surface area contributed by atoms with Crippen LogP contribution in [0.3, 0.4) is 0 Å². The molecule has 0 spiro atoms. The van der Waals surface area contributed by atoms with Gasteiger partial charge in [-0.05, 0) is 50.5 Å². The number of methoxy groups -OCH3 is 2. The third-order valence-electron chi connectivity index (χ3n) is 7.13. The molecule has 12 nitrogen and oxygen atoms in total. The third kappa shape index (κ3) is 7.55. The van der Waals surface area contributed by atoms with Crippen LogP contribution in [0.25, 0.3) is 11.2 Å². The van der Waals surface area contributed by atoms with Crippen LogP contribution in [0.2, 0.25) is 0 Å². The number of likely N-dealkylation sites (tertiary alicyclic amines) is 1. The van der Waals surface area contributed by atoms with Crippen LogP contribution in [-0.2, 0) is 33.8 Å². The number of carbonyl (C=O) groups is 1. The molecule has 0 bridgehead atoms. The van der Waals surface area contributed by atoms with Gasteiger partial charge in [0.2, 0.25) is 0 Å². The fraction of sp³-hybridized carbons (Fsp3) is 0.556. The van der Waals surface area contributed by atoms with Gasteiger partial charge >= 0.3 is 17.7 Å². The van der Waals surface area contributed by atoms with Gasteiger partial charge in [-0.15, -0.1) is 0 Å². The molecule has 3 aromatic rings. The molecule has 1 aliphatic rings. The summed E-state index contributed by atoms with van der Waals surface area (Å²) in [7, 11) is 5.14. The summed E-state index contributed by atoms with van der Waals surface area (Å²) in [5, 5.41) is 0. The normalized spacial score (nSPS) is 14.8. The van der Waals surface area contributed by atoms with E-state index in [-0.39, 0.29) is 36.5 Å². The van der Waals surface area contributed by atoms with E-state index in [1.54, 1.807) is 11.7 Å². The number of esters is 1. The number of nitrogens with two attached hydrogens (primary N) is 1. The molecule has 0 aliphatic carbocycles. The summed E-state index contributed by atoms with van der Waals surface area (Å²) in [4.78, 5) is 40.8. The number of nitrogens with one attached hydrogen (secondary N) is 1. The number of nitrogen functional groups attached to an aromatic ring is 1. The number of fused-ring (bicyclic) bond motifs is 1. The molecule has 3 heterocycles. The minimum Gasteiger partial charge on any atom is -0.469 e. The van der Waals surface area contributed by atoms with E-state index < -0.39 is 0 Å². The zero-order valence-electron chi connectivity index (χ0n) is 23.0. The van der Waals surface area contributed by atoms with Crippen molar-refractivity contribution in [3.8, 4) is 6.01 Å². The molecule has 39 heavy (non-hydrogen) atoms. The zero-order valence-corrected chi connectivity index (χ0v) is 23.0. The number of carbonyl (C=O) groups excluding carboxylic acids is 1. The van der Waals surface area contributed by atoms with E-state index in [1.165, 1.54) is 7.11 Å². The molecule has 1 aromatic carbocycles. The van der Waals surface area contributed by atoms with E-state index in [0.717, 1.165) is 56.6 Å². The maximum atomic E-state index is 12.8. The maximum Gasteiger partial charge on any atom is 0.327 e. The van der Waals surface area contributed by atoms with E-state index in [4.69, 9.17) is 19.9 Å². The molecule has 1 fully saturated rings. The first-order valence-corrected chi connectivity index (χ1v) is 13.3. The summed E-state index contributed by atoms with van der Waals surface area (Å²) in [5.74, 6) is -0.0803. The van der Waals surface area contributed by atoms with Crippen molar-refractivity contribution in [2.75, 3.05) is 59.8 Å². The Balaban J connectivity index is 1.48. The lowest BCUT2D eigenvalue weighted by atomic mass is 10.0. The highest BCUT2D eigenvalue weighted by Gasteiger charge is 2.24. The standard InChI is InChI=1S/C27H39N7O5/c1-32-12-8-21(9-13-32)33(18-20-7-4-6-19(16-20)17-22(35)38-3)10-5-11-34-25-23(29-27(34)36)24(28)30-26(31-25)39-15-14-37-2/h4,6-7,16,21H,5,8-15,17-18H2,1-3H3,(H,29,36)(H2,28,30,31). The van der Waals surface area contributed by atoms with E-state index in [0.29, 0.717) is 30.4 Å². The van der Waals surface area contributed by atoms with E-state index in [2.05, 4.69) is 43.9 Å². The lowest BCUT2D eigenvalue weighted by molar-refractivity contribution is -0.139. The number of anilines is 1. The highest BCUT2D eigenvalue weighted by atomic mass is 16.5. The number of nitrogens with zero attached hydrogens (tertiary/aromatic N) is 5. The summed E-state index contributed by atoms with van der Waals surface area (Å²) < 4.78 is 17.0. The van der Waals surface area contributed by atoms with Crippen molar-refractivity contribution in [2.24, 2.45) is 0 Å². The molecular weight excluding hydrogens is 502 g/mol. The first-order valence-electron chi connectivity index (χ1n) is 13.3. The quantitative estimate of drug-likeness (QED) is 0.241. The van der Waals surface area contributed by atoms with Gasteiger partial charge in [0.05, 0.1) is 20.1 Å². The van der Waals surface area contributed by atoms with Gasteiger partial charge in [0, 0.05) is 32.8 Å². The molecule has 4 rings (SSSR count). The summed E-state index contributed by atoms with van der Waals surface area (Å²) in [6, 6.07) is 8.66. The highest BCUT2D eigenvalue weighted by molar-refractivity contribution is 5.81. The van der Waals surface area contributed by atoms with Crippen LogP contribution < -0.4 is 16.2 Å². The van der Waals surface area contributed by atoms with Crippen molar-refractivity contribution in [2.45, 2.75) is 44.8 Å². The number of H-pyrrole nitrogens is 1. The number of imidazole rings is 1. The minimum atomic E-state index is -0.276. The number of hydrogen-bond acceptors (Lipinski definition) is 10. The second-order valence-corrected chi connectivity index (χ2v) is 9.94. The van der Waals surface area contributed by atoms with Crippen molar-refractivity contribution in [3.63, 3.8) is 0 Å². The highest BCUT2D eigenvalue weighted by Crippen LogP contribution is 2.21. The zero-order chi connectivity index (χ0) is 27.8. The van der Waals surface area contributed by atoms with E-state index in [1.807, 2.05) is 12.1 Å². The van der Waals surface area contributed by atoms with E-state index in [9.17, 15) is 9.59 Å². The van der Waals surface area contributed by atoms with Crippen molar-refractivity contribution in [1.82, 2.24) is 29.3 Å². The van der Waals surface area contributed by atoms with Crippen LogP contribution in [0.15, 0.2) is 29.1 Å². The number of benzene rings is 1. The topological polar surface area (TPSA) is 141 Å². The van der Waals surface area contributed by atoms with E-state index >= 15 is 0 Å². The molecule has 0 amide bonds. The molecule has 0 radical (unpaired) electrons. The summed E-state index contributed by atoms with van der Waals surface area (Å²) in [5.41, 5.74) is 8.73. The fourth-order valence-corrected chi connectivity index (χ4v) is 5.01. The maximum absolute atomic E-state index is 12.8. The molecule has 2 aromatic heterocycles. The molecule has 0 saturated carbocycles. The van der Waals surface area contributed by atoms with Crippen molar-refractivity contribution in [3.05, 3.63) is 45.9 Å². The number of aromatic amines is 1. The number of aryl methyl sites for hydroxylation is 1. The number of aromatic nitrogens is 4. The Labute approximate surface area is 228 Å². The smallest absolute Gasteiger partial charge is 0.327 e. The average molecular weight is 542 g/mol. The first kappa shape index (κ1) is 28.5. The third-order valence-corrected chi connectivity index (χ3v) is 7.13. The van der Waals surface area contributed by atoms with Gasteiger partial charge in [-0.1, -0.05) is 24.3 Å². The largest absolute Gasteiger partial charge is 0.469 e. The van der Waals surface area contributed by atoms with Gasteiger partial charge in [0.15, 0.2) is 11.5 Å². The Morgan fingerprint density at radius 3 is 2.69 bits per heavy atom. The first-order chi connectivity index (χ1) is 18.9. The van der Waals surface area contributed by atoms with Crippen LogP contribution in [-0.4, -0.2) is 95.4 Å². The Morgan fingerprint density at radius 2 is 1.95 bits per heavy atom. The minimum absolute atomic E-state index is 0.115. The summed E-state index contributed by atoms with van der Waals surface area (Å²) in [6.07, 6.45) is 3.16. The molecule has 212 valence electrons. The lowest BCUT2D eigenvalue weighted by Crippen LogP contribution is -2.44. The van der Waals surface area contributed by atoms with Crippen LogP contribution in [0.4, 0.5) is 5.82 Å². The lowest BCUT2D eigenvalue weighted by Gasteiger charge is -2.37. The van der Waals surface area contributed by atoms with Gasteiger partial charge in [-0.3, -0.25) is 14.3 Å². The van der Waals surface area contributed by atoms with Crippen molar-refractivity contribution in [1.29, 1.82) is 0 Å². The van der Waals surface area contributed by atoms with Crippen LogP contribution in [0, 0.1) is 0 Å². The molecule has 0 atom stereocenters. The van der Waals surface area contributed by atoms with Crippen LogP contribution in [0.5, 0.6) is 6.01 Å². The molecule has 1 saturated heterocycles. The van der Waals surface area contributed by atoms with Gasteiger partial charge in [0.1, 0.15) is 12.1 Å². The predicted octanol–water partition coefficient (Wildman–Crippen LogP) is 1.43. The van der Waals surface area contributed by atoms with Crippen molar-refractivity contribution >= 4 is 23.0 Å². The molecule has 12 heteroatoms. The van der Waals surface area contributed by atoms with Gasteiger partial charge in [0.25, 0.3) is 0 Å². The van der Waals surface area contributed by atoms with Crippen molar-refractivity contribution < 1.29 is 19.0 Å². The number of ether oxygens (including phenoxy) is 3. The Bertz CT molecular complexity index is 1300. The SMILES string of the molecule is COCCOc1nc(N)c2[nH]c(=O)n(CCCN(Cc3cccc(CC(=O)OC)c3)C3CCN(C)CC3)c2n1. The predicted molar refractivity (Wildman–Crippen MR) is 148 cm³/mol. The summed E-state index contributed by atoms with van der Waals surface area (Å²) >= 11 is 0. The van der Waals surface area contributed by atoms with Crippen LogP contribution >= 0.6 is 0 Å². The average Bonchev–Trinajstić information content (AvgIpc) is 3.24. The van der Waals surface area contributed by atoms with Gasteiger partial charge in [-0.2, -0.15) is 9.97 Å². The molecule has 3 N–H and O–H groups in total. The second-order valence-electron chi connectivity index (χ2n) is 9.94. The van der Waals surface area contributed by atoms with Gasteiger partial charge in [-0.25, -0.2) is 4.79 Å². The summed E-state index contributed by atoms with van der Waals surface area (Å²) in [6.45, 7) is 4.80. The Hall–Kier alpha value is -3.48. The Kier molecular flexibility index (Phi) is 9.90. The number of piperidine rings is 1. The Morgan fingerprint density at radius 1 is 1.18 bits per heavy atom. The molecule has 1 aliphatic heterocycles.